The number of carbonyl (C=O) groups excluding carboxylic acids is 2. The van der Waals surface area contributed by atoms with Crippen molar-refractivity contribution in [2.75, 3.05) is 20.2 Å². The molecule has 126 valence electrons. The van der Waals surface area contributed by atoms with Crippen LogP contribution in [0.5, 0.6) is 5.75 Å². The zero-order valence-corrected chi connectivity index (χ0v) is 13.2. The van der Waals surface area contributed by atoms with Gasteiger partial charge in [0.15, 0.2) is 0 Å². The second kappa shape index (κ2) is 8.50. The smallest absolute Gasteiger partial charge is 0.249 e. The lowest BCUT2D eigenvalue weighted by atomic mass is 10.2. The van der Waals surface area contributed by atoms with Gasteiger partial charge in [-0.2, -0.15) is 0 Å². The monoisotopic (exact) mass is 321 g/mol. The number of methoxy groups -OCH3 is 1. The largest absolute Gasteiger partial charge is 0.497 e. The molecule has 1 aliphatic heterocycles. The van der Waals surface area contributed by atoms with Crippen molar-refractivity contribution >= 4 is 11.8 Å². The van der Waals surface area contributed by atoms with Gasteiger partial charge in [0, 0.05) is 13.1 Å². The molecule has 1 aliphatic rings. The quantitative estimate of drug-likeness (QED) is 0.652. The molecule has 2 amide bonds. The summed E-state index contributed by atoms with van der Waals surface area (Å²) in [5, 5.41) is 5.33. The normalized spacial score (nSPS) is 20.1. The Bertz CT molecular complexity index is 533. The van der Waals surface area contributed by atoms with Crippen LogP contribution in [0.3, 0.4) is 0 Å². The van der Waals surface area contributed by atoms with Crippen LogP contribution < -0.4 is 21.1 Å². The van der Waals surface area contributed by atoms with Crippen LogP contribution in [0.4, 0.5) is 0 Å². The lowest BCUT2D eigenvalue weighted by molar-refractivity contribution is -0.133. The van der Waals surface area contributed by atoms with Gasteiger partial charge in [0.1, 0.15) is 11.9 Å². The van der Waals surface area contributed by atoms with Gasteiger partial charge in [-0.25, -0.2) is 0 Å². The predicted octanol–water partition coefficient (Wildman–Crippen LogP) is -0.0661. The zero-order valence-electron chi connectivity index (χ0n) is 13.2. The third kappa shape index (κ3) is 5.22. The first-order chi connectivity index (χ1) is 11.1. The van der Waals surface area contributed by atoms with Crippen molar-refractivity contribution in [1.82, 2.24) is 10.6 Å². The van der Waals surface area contributed by atoms with Gasteiger partial charge in [0.2, 0.25) is 11.8 Å². The van der Waals surface area contributed by atoms with Crippen LogP contribution in [0.15, 0.2) is 24.3 Å². The van der Waals surface area contributed by atoms with Crippen LogP contribution in [-0.4, -0.2) is 44.2 Å². The van der Waals surface area contributed by atoms with Crippen LogP contribution in [-0.2, 0) is 20.9 Å². The summed E-state index contributed by atoms with van der Waals surface area (Å²) >= 11 is 0. The van der Waals surface area contributed by atoms with E-state index in [1.165, 1.54) is 0 Å². The van der Waals surface area contributed by atoms with Gasteiger partial charge in [-0.1, -0.05) is 12.1 Å². The van der Waals surface area contributed by atoms with Crippen molar-refractivity contribution in [2.45, 2.75) is 31.6 Å². The summed E-state index contributed by atoms with van der Waals surface area (Å²) in [6, 6.07) is 7.40. The van der Waals surface area contributed by atoms with E-state index < -0.39 is 6.10 Å². The van der Waals surface area contributed by atoms with Crippen molar-refractivity contribution in [3.05, 3.63) is 29.8 Å². The first kappa shape index (κ1) is 17.2. The summed E-state index contributed by atoms with van der Waals surface area (Å²) in [5.41, 5.74) is 6.46. The highest BCUT2D eigenvalue weighted by Crippen LogP contribution is 2.18. The van der Waals surface area contributed by atoms with E-state index in [0.29, 0.717) is 19.5 Å². The summed E-state index contributed by atoms with van der Waals surface area (Å²) in [6.45, 7) is 0.738. The van der Waals surface area contributed by atoms with Crippen LogP contribution in [0, 0.1) is 0 Å². The molecule has 4 N–H and O–H groups in total. The Morgan fingerprint density at radius 1 is 1.26 bits per heavy atom. The number of benzene rings is 1. The standard InChI is InChI=1S/C16H23N3O4/c1-22-12-4-2-11(3-5-12)9-18-15(20)10-19-16(21)14-7-6-13(8-17)23-14/h2-5,13-14H,6-10,17H2,1H3,(H,18,20)(H,19,21)/t13-,14+/m1/s1. The van der Waals surface area contributed by atoms with E-state index in [2.05, 4.69) is 10.6 Å². The molecule has 2 atom stereocenters. The summed E-state index contributed by atoms with van der Waals surface area (Å²) in [6.07, 6.45) is 0.854. The molecule has 1 aromatic carbocycles. The van der Waals surface area contributed by atoms with Gasteiger partial charge in [0.05, 0.1) is 19.8 Å². The third-order valence-corrected chi connectivity index (χ3v) is 3.73. The summed E-state index contributed by atoms with van der Waals surface area (Å²) in [5.74, 6) is 0.253. The Kier molecular flexibility index (Phi) is 6.37. The molecular weight excluding hydrogens is 298 g/mol. The SMILES string of the molecule is COc1ccc(CNC(=O)CNC(=O)[C@@H]2CC[C@H](CN)O2)cc1. The fraction of sp³-hybridized carbons (Fsp3) is 0.500. The molecule has 7 nitrogen and oxygen atoms in total. The molecule has 1 fully saturated rings. The lowest BCUT2D eigenvalue weighted by Gasteiger charge is -2.12. The molecule has 1 heterocycles. The van der Waals surface area contributed by atoms with Crippen molar-refractivity contribution in [2.24, 2.45) is 5.73 Å². The van der Waals surface area contributed by atoms with Crippen LogP contribution in [0.2, 0.25) is 0 Å². The molecule has 1 saturated heterocycles. The maximum atomic E-state index is 11.9. The van der Waals surface area contributed by atoms with Gasteiger partial charge in [-0.15, -0.1) is 0 Å². The van der Waals surface area contributed by atoms with E-state index in [1.54, 1.807) is 7.11 Å². The Morgan fingerprint density at radius 2 is 2.00 bits per heavy atom. The van der Waals surface area contributed by atoms with Crippen molar-refractivity contribution in [3.8, 4) is 5.75 Å². The minimum Gasteiger partial charge on any atom is -0.497 e. The second-order valence-electron chi connectivity index (χ2n) is 5.40. The summed E-state index contributed by atoms with van der Waals surface area (Å²) in [4.78, 5) is 23.7. The highest BCUT2D eigenvalue weighted by Gasteiger charge is 2.29. The molecule has 0 spiro atoms. The van der Waals surface area contributed by atoms with Gasteiger partial charge in [-0.05, 0) is 30.5 Å². The molecule has 0 saturated carbocycles. The molecule has 0 bridgehead atoms. The Morgan fingerprint density at radius 3 is 2.61 bits per heavy atom. The van der Waals surface area contributed by atoms with Crippen LogP contribution in [0.1, 0.15) is 18.4 Å². The molecule has 0 aromatic heterocycles. The number of nitrogens with one attached hydrogen (secondary N) is 2. The highest BCUT2D eigenvalue weighted by atomic mass is 16.5. The van der Waals surface area contributed by atoms with Gasteiger partial charge < -0.3 is 25.8 Å². The average Bonchev–Trinajstić information content (AvgIpc) is 3.07. The summed E-state index contributed by atoms with van der Waals surface area (Å²) < 4.78 is 10.5. The maximum Gasteiger partial charge on any atom is 0.249 e. The van der Waals surface area contributed by atoms with Gasteiger partial charge in [0.25, 0.3) is 0 Å². The zero-order chi connectivity index (χ0) is 16.7. The lowest BCUT2D eigenvalue weighted by Crippen LogP contribution is -2.41. The van der Waals surface area contributed by atoms with E-state index in [0.717, 1.165) is 17.7 Å². The number of nitrogens with two attached hydrogens (primary N) is 1. The van der Waals surface area contributed by atoms with E-state index >= 15 is 0 Å². The van der Waals surface area contributed by atoms with Crippen LogP contribution >= 0.6 is 0 Å². The Hall–Kier alpha value is -2.12. The van der Waals surface area contributed by atoms with Crippen molar-refractivity contribution < 1.29 is 19.1 Å². The molecule has 0 unspecified atom stereocenters. The van der Waals surface area contributed by atoms with Gasteiger partial charge >= 0.3 is 0 Å². The topological polar surface area (TPSA) is 103 Å². The molecule has 23 heavy (non-hydrogen) atoms. The molecular formula is C16H23N3O4. The minimum absolute atomic E-state index is 0.0605. The minimum atomic E-state index is -0.502. The number of rotatable bonds is 7. The fourth-order valence-corrected chi connectivity index (χ4v) is 2.36. The number of amides is 2. The Labute approximate surface area is 135 Å². The fourth-order valence-electron chi connectivity index (χ4n) is 2.36. The third-order valence-electron chi connectivity index (χ3n) is 3.73. The Balaban J connectivity index is 1.67. The van der Waals surface area contributed by atoms with E-state index in [4.69, 9.17) is 15.2 Å². The maximum absolute atomic E-state index is 11.9. The van der Waals surface area contributed by atoms with Crippen molar-refractivity contribution in [3.63, 3.8) is 0 Å². The average molecular weight is 321 g/mol. The number of hydrogen-bond acceptors (Lipinski definition) is 5. The molecule has 0 aliphatic carbocycles. The molecule has 2 rings (SSSR count). The molecule has 1 aromatic rings. The predicted molar refractivity (Wildman–Crippen MR) is 84.8 cm³/mol. The first-order valence-corrected chi connectivity index (χ1v) is 7.65. The first-order valence-electron chi connectivity index (χ1n) is 7.65. The number of carbonyl (C=O) groups is 2. The number of ether oxygens (including phenoxy) is 2. The number of hydrogen-bond donors (Lipinski definition) is 3. The van der Waals surface area contributed by atoms with E-state index in [1.807, 2.05) is 24.3 Å². The highest BCUT2D eigenvalue weighted by molar-refractivity contribution is 5.87. The van der Waals surface area contributed by atoms with Crippen LogP contribution in [0.25, 0.3) is 0 Å². The van der Waals surface area contributed by atoms with Crippen molar-refractivity contribution in [1.29, 1.82) is 0 Å². The molecule has 0 radical (unpaired) electrons. The molecule has 7 heteroatoms. The van der Waals surface area contributed by atoms with E-state index in [-0.39, 0.29) is 24.5 Å². The summed E-state index contributed by atoms with van der Waals surface area (Å²) in [7, 11) is 1.60. The second-order valence-corrected chi connectivity index (χ2v) is 5.40. The van der Waals surface area contributed by atoms with Gasteiger partial charge in [-0.3, -0.25) is 9.59 Å². The van der Waals surface area contributed by atoms with E-state index in [9.17, 15) is 9.59 Å².